The summed E-state index contributed by atoms with van der Waals surface area (Å²) in [5.41, 5.74) is 8.10. The number of fused-ring (bicyclic) bond motifs is 1. The highest BCUT2D eigenvalue weighted by Crippen LogP contribution is 2.34. The normalized spacial score (nSPS) is 11.2. The summed E-state index contributed by atoms with van der Waals surface area (Å²) in [4.78, 5) is 4.09. The number of nitrogens with zero attached hydrogens (tertiary/aromatic N) is 3. The van der Waals surface area contributed by atoms with Gasteiger partial charge in [-0.25, -0.2) is 4.98 Å². The first-order chi connectivity index (χ1) is 8.15. The van der Waals surface area contributed by atoms with Crippen LogP contribution in [0.15, 0.2) is 29.1 Å². The van der Waals surface area contributed by atoms with Gasteiger partial charge in [0.05, 0.1) is 6.20 Å². The number of nitrogen functional groups attached to an aromatic ring is 1. The lowest BCUT2D eigenvalue weighted by molar-refractivity contribution is 0.618. The van der Waals surface area contributed by atoms with Gasteiger partial charge in [0.1, 0.15) is 0 Å². The van der Waals surface area contributed by atoms with Gasteiger partial charge in [-0.15, -0.1) is 0 Å². The maximum atomic E-state index is 5.85. The summed E-state index contributed by atoms with van der Waals surface area (Å²) in [5, 5.41) is 5.26. The Morgan fingerprint density at radius 1 is 1.41 bits per heavy atom. The van der Waals surface area contributed by atoms with Crippen molar-refractivity contribution in [2.45, 2.75) is 0 Å². The predicted molar refractivity (Wildman–Crippen MR) is 65.6 cm³/mol. The summed E-state index contributed by atoms with van der Waals surface area (Å²) in [7, 11) is 1.85. The van der Waals surface area contributed by atoms with Crippen LogP contribution >= 0.6 is 11.6 Å². The number of nitrogens with two attached hydrogens (primary N) is 1. The molecule has 0 fully saturated rings. The molecule has 0 aliphatic rings. The van der Waals surface area contributed by atoms with Crippen molar-refractivity contribution in [2.24, 2.45) is 7.05 Å². The van der Waals surface area contributed by atoms with E-state index in [1.807, 2.05) is 13.2 Å². The van der Waals surface area contributed by atoms with E-state index in [4.69, 9.17) is 21.8 Å². The van der Waals surface area contributed by atoms with Crippen molar-refractivity contribution in [3.05, 3.63) is 29.9 Å². The third-order valence-corrected chi connectivity index (χ3v) is 2.76. The van der Waals surface area contributed by atoms with Gasteiger partial charge in [-0.2, -0.15) is 5.10 Å². The minimum absolute atomic E-state index is 0.296. The molecule has 0 aromatic carbocycles. The van der Waals surface area contributed by atoms with Gasteiger partial charge >= 0.3 is 0 Å². The molecule has 3 aromatic heterocycles. The molecule has 0 atom stereocenters. The van der Waals surface area contributed by atoms with Crippen LogP contribution in [0.5, 0.6) is 0 Å². The first-order valence-corrected chi connectivity index (χ1v) is 5.35. The van der Waals surface area contributed by atoms with E-state index < -0.39 is 0 Å². The monoisotopic (exact) mass is 248 g/mol. The van der Waals surface area contributed by atoms with E-state index in [-0.39, 0.29) is 0 Å². The van der Waals surface area contributed by atoms with Crippen molar-refractivity contribution in [1.82, 2.24) is 14.8 Å². The van der Waals surface area contributed by atoms with Crippen LogP contribution in [0.4, 0.5) is 5.82 Å². The number of aryl methyl sites for hydroxylation is 1. The van der Waals surface area contributed by atoms with E-state index >= 15 is 0 Å². The van der Waals surface area contributed by atoms with Crippen molar-refractivity contribution in [3.8, 4) is 11.1 Å². The van der Waals surface area contributed by atoms with Crippen LogP contribution in [-0.2, 0) is 7.05 Å². The molecule has 0 saturated heterocycles. The summed E-state index contributed by atoms with van der Waals surface area (Å²) in [6, 6.07) is 1.73. The SMILES string of the molecule is Cn1cc(-c2cnc(N)c3oc(Cl)cc23)cn1. The highest BCUT2D eigenvalue weighted by molar-refractivity contribution is 6.30. The minimum Gasteiger partial charge on any atom is -0.441 e. The zero-order valence-electron chi connectivity index (χ0n) is 9.01. The molecule has 6 heteroatoms. The van der Waals surface area contributed by atoms with Gasteiger partial charge in [0.25, 0.3) is 0 Å². The van der Waals surface area contributed by atoms with Crippen LogP contribution < -0.4 is 5.73 Å². The van der Waals surface area contributed by atoms with E-state index in [9.17, 15) is 0 Å². The number of hydrogen-bond acceptors (Lipinski definition) is 4. The van der Waals surface area contributed by atoms with Gasteiger partial charge in [-0.05, 0) is 11.6 Å². The number of aromatic nitrogens is 3. The number of rotatable bonds is 1. The predicted octanol–water partition coefficient (Wildman–Crippen LogP) is 2.46. The molecule has 0 amide bonds. The maximum Gasteiger partial charge on any atom is 0.194 e. The second-order valence-corrected chi connectivity index (χ2v) is 4.13. The van der Waals surface area contributed by atoms with Crippen molar-refractivity contribution < 1.29 is 4.42 Å². The summed E-state index contributed by atoms with van der Waals surface area (Å²) in [6.07, 6.45) is 5.35. The largest absolute Gasteiger partial charge is 0.441 e. The minimum atomic E-state index is 0.296. The molecular formula is C11H9ClN4O. The quantitative estimate of drug-likeness (QED) is 0.718. The smallest absolute Gasteiger partial charge is 0.194 e. The second kappa shape index (κ2) is 3.49. The molecule has 0 bridgehead atoms. The van der Waals surface area contributed by atoms with Crippen LogP contribution in [0.3, 0.4) is 0 Å². The molecule has 0 radical (unpaired) electrons. The van der Waals surface area contributed by atoms with Crippen LogP contribution in [0.2, 0.25) is 5.22 Å². The number of hydrogen-bond donors (Lipinski definition) is 1. The lowest BCUT2D eigenvalue weighted by Gasteiger charge is -2.00. The Bertz CT molecular complexity index is 701. The summed E-state index contributed by atoms with van der Waals surface area (Å²) < 4.78 is 7.04. The first kappa shape index (κ1) is 10.2. The fraction of sp³-hybridized carbons (Fsp3) is 0.0909. The van der Waals surface area contributed by atoms with Gasteiger partial charge in [0, 0.05) is 42.0 Å². The van der Waals surface area contributed by atoms with E-state index in [2.05, 4.69) is 10.1 Å². The molecular weight excluding hydrogens is 240 g/mol. The molecule has 17 heavy (non-hydrogen) atoms. The third-order valence-electron chi connectivity index (χ3n) is 2.57. The van der Waals surface area contributed by atoms with E-state index in [0.717, 1.165) is 16.5 Å². The van der Waals surface area contributed by atoms with E-state index in [0.29, 0.717) is 16.6 Å². The highest BCUT2D eigenvalue weighted by atomic mass is 35.5. The number of furan rings is 1. The summed E-state index contributed by atoms with van der Waals surface area (Å²) in [5.74, 6) is 0.333. The Hall–Kier alpha value is -2.01. The molecule has 0 spiro atoms. The molecule has 0 aliphatic carbocycles. The molecule has 0 saturated carbocycles. The molecule has 3 heterocycles. The van der Waals surface area contributed by atoms with Crippen LogP contribution in [0.1, 0.15) is 0 Å². The Labute approximate surface area is 102 Å². The average Bonchev–Trinajstić information content (AvgIpc) is 2.85. The highest BCUT2D eigenvalue weighted by Gasteiger charge is 2.13. The molecule has 0 unspecified atom stereocenters. The Morgan fingerprint density at radius 2 is 2.24 bits per heavy atom. The van der Waals surface area contributed by atoms with Gasteiger partial charge in [0.2, 0.25) is 0 Å². The zero-order valence-corrected chi connectivity index (χ0v) is 9.77. The second-order valence-electron chi connectivity index (χ2n) is 3.75. The number of pyridine rings is 1. The fourth-order valence-corrected chi connectivity index (χ4v) is 1.99. The fourth-order valence-electron chi connectivity index (χ4n) is 1.80. The van der Waals surface area contributed by atoms with E-state index in [1.165, 1.54) is 0 Å². The third kappa shape index (κ3) is 1.55. The van der Waals surface area contributed by atoms with Crippen molar-refractivity contribution in [1.29, 1.82) is 0 Å². The molecule has 3 rings (SSSR count). The topological polar surface area (TPSA) is 69.9 Å². The lowest BCUT2D eigenvalue weighted by atomic mass is 10.1. The number of halogens is 1. The molecule has 3 aromatic rings. The van der Waals surface area contributed by atoms with Crippen LogP contribution in [-0.4, -0.2) is 14.8 Å². The van der Waals surface area contributed by atoms with Gasteiger partial charge in [-0.1, -0.05) is 0 Å². The maximum absolute atomic E-state index is 5.85. The summed E-state index contributed by atoms with van der Waals surface area (Å²) >= 11 is 5.85. The first-order valence-electron chi connectivity index (χ1n) is 4.97. The van der Waals surface area contributed by atoms with Gasteiger partial charge in [0.15, 0.2) is 16.6 Å². The zero-order chi connectivity index (χ0) is 12.0. The van der Waals surface area contributed by atoms with Gasteiger partial charge in [-0.3, -0.25) is 4.68 Å². The van der Waals surface area contributed by atoms with Gasteiger partial charge < -0.3 is 10.2 Å². The Balaban J connectivity index is 2.33. The standard InChI is InChI=1S/C11H9ClN4O/c1-16-5-6(3-15-16)8-4-14-11(13)10-7(8)2-9(12)17-10/h2-5H,1H3,(H2,13,14). The van der Waals surface area contributed by atoms with Crippen LogP contribution in [0.25, 0.3) is 22.1 Å². The van der Waals surface area contributed by atoms with E-state index in [1.54, 1.807) is 23.1 Å². The van der Waals surface area contributed by atoms with Crippen LogP contribution in [0, 0.1) is 0 Å². The molecule has 2 N–H and O–H groups in total. The van der Waals surface area contributed by atoms with Crippen molar-refractivity contribution in [3.63, 3.8) is 0 Å². The molecule has 0 aliphatic heterocycles. The molecule has 5 nitrogen and oxygen atoms in total. The Morgan fingerprint density at radius 3 is 2.94 bits per heavy atom. The van der Waals surface area contributed by atoms with Crippen molar-refractivity contribution in [2.75, 3.05) is 5.73 Å². The summed E-state index contributed by atoms with van der Waals surface area (Å²) in [6.45, 7) is 0. The van der Waals surface area contributed by atoms with Crippen molar-refractivity contribution >= 4 is 28.4 Å². The average molecular weight is 249 g/mol. The number of anilines is 1. The molecule has 86 valence electrons. The lowest BCUT2D eigenvalue weighted by Crippen LogP contribution is -1.91. The Kier molecular flexibility index (Phi) is 2.09.